The number of esters is 1. The lowest BCUT2D eigenvalue weighted by molar-refractivity contribution is 0.0734. The van der Waals surface area contributed by atoms with Crippen molar-refractivity contribution in [3.05, 3.63) is 130 Å². The van der Waals surface area contributed by atoms with E-state index in [1.165, 1.54) is 6.21 Å². The van der Waals surface area contributed by atoms with E-state index in [0.717, 1.165) is 4.47 Å². The summed E-state index contributed by atoms with van der Waals surface area (Å²) in [4.78, 5) is 37.2. The molecular weight excluding hydrogens is 522 g/mol. The monoisotopic (exact) mass is 541 g/mol. The fourth-order valence-corrected chi connectivity index (χ4v) is 3.41. The summed E-state index contributed by atoms with van der Waals surface area (Å²) in [6, 6.07) is 28.9. The summed E-state index contributed by atoms with van der Waals surface area (Å²) in [6.45, 7) is 0. The molecule has 0 radical (unpaired) electrons. The van der Waals surface area contributed by atoms with Gasteiger partial charge in [0.1, 0.15) is 5.75 Å². The van der Waals surface area contributed by atoms with Crippen LogP contribution in [0.4, 0.5) is 5.69 Å². The van der Waals surface area contributed by atoms with Crippen molar-refractivity contribution in [1.29, 1.82) is 0 Å². The third kappa shape index (κ3) is 6.52. The van der Waals surface area contributed by atoms with Crippen molar-refractivity contribution in [3.8, 4) is 5.75 Å². The van der Waals surface area contributed by atoms with Gasteiger partial charge in [-0.3, -0.25) is 9.59 Å². The van der Waals surface area contributed by atoms with Gasteiger partial charge in [0.15, 0.2) is 0 Å². The number of benzene rings is 4. The summed E-state index contributed by atoms with van der Waals surface area (Å²) in [5, 5.41) is 6.77. The summed E-state index contributed by atoms with van der Waals surface area (Å²) in [6.07, 6.45) is 1.40. The van der Waals surface area contributed by atoms with Crippen molar-refractivity contribution in [3.63, 3.8) is 0 Å². The highest BCUT2D eigenvalue weighted by molar-refractivity contribution is 9.10. The maximum Gasteiger partial charge on any atom is 0.343 e. The molecule has 8 heteroatoms. The zero-order chi connectivity index (χ0) is 25.3. The predicted molar refractivity (Wildman–Crippen MR) is 141 cm³/mol. The second kappa shape index (κ2) is 11.7. The van der Waals surface area contributed by atoms with Crippen molar-refractivity contribution >= 4 is 45.6 Å². The van der Waals surface area contributed by atoms with Crippen LogP contribution in [0.1, 0.15) is 36.6 Å². The minimum Gasteiger partial charge on any atom is -0.422 e. The van der Waals surface area contributed by atoms with Crippen LogP contribution < -0.4 is 15.5 Å². The third-order valence-electron chi connectivity index (χ3n) is 5.01. The number of carbonyl (C=O) groups excluding carboxylic acids is 3. The quantitative estimate of drug-likeness (QED) is 0.136. The third-order valence-corrected chi connectivity index (χ3v) is 5.54. The number of nitrogens with zero attached hydrogens (tertiary/aromatic N) is 1. The van der Waals surface area contributed by atoms with Crippen LogP contribution in [0.5, 0.6) is 5.75 Å². The van der Waals surface area contributed by atoms with Crippen LogP contribution >= 0.6 is 15.9 Å². The van der Waals surface area contributed by atoms with Gasteiger partial charge >= 0.3 is 5.97 Å². The number of hydrazone groups is 1. The summed E-state index contributed by atoms with van der Waals surface area (Å²) < 4.78 is 6.36. The van der Waals surface area contributed by atoms with E-state index in [-0.39, 0.29) is 5.91 Å². The fourth-order valence-electron chi connectivity index (χ4n) is 3.15. The van der Waals surface area contributed by atoms with E-state index >= 15 is 0 Å². The Bertz CT molecular complexity index is 1400. The van der Waals surface area contributed by atoms with Gasteiger partial charge in [-0.2, -0.15) is 5.10 Å². The first kappa shape index (κ1) is 24.6. The molecular formula is C28H20BrN3O4. The number of rotatable bonds is 7. The minimum atomic E-state index is -0.493. The zero-order valence-corrected chi connectivity index (χ0v) is 20.4. The Hall–Kier alpha value is -4.56. The smallest absolute Gasteiger partial charge is 0.343 e. The SMILES string of the molecule is O=C(N/N=C\c1ccccc1OC(=O)c1ccccc1)c1ccc(NC(=O)c2ccc(Br)cc2)cc1. The molecule has 0 saturated carbocycles. The van der Waals surface area contributed by atoms with Gasteiger partial charge in [-0.15, -0.1) is 0 Å². The lowest BCUT2D eigenvalue weighted by Crippen LogP contribution is -2.18. The fraction of sp³-hybridized carbons (Fsp3) is 0. The molecule has 0 bridgehead atoms. The first-order chi connectivity index (χ1) is 17.5. The van der Waals surface area contributed by atoms with Crippen LogP contribution in [-0.2, 0) is 0 Å². The molecule has 0 aliphatic carbocycles. The van der Waals surface area contributed by atoms with Crippen LogP contribution in [0.3, 0.4) is 0 Å². The average molecular weight is 542 g/mol. The number of hydrogen-bond acceptors (Lipinski definition) is 5. The van der Waals surface area contributed by atoms with Crippen LogP contribution in [0.15, 0.2) is 113 Å². The van der Waals surface area contributed by atoms with Gasteiger partial charge in [-0.05, 0) is 72.8 Å². The van der Waals surface area contributed by atoms with E-state index in [1.807, 2.05) is 6.07 Å². The number of hydrogen-bond donors (Lipinski definition) is 2. The maximum absolute atomic E-state index is 12.5. The molecule has 2 N–H and O–H groups in total. The molecule has 4 aromatic carbocycles. The molecule has 0 saturated heterocycles. The van der Waals surface area contributed by atoms with Crippen LogP contribution in [0.2, 0.25) is 0 Å². The number of anilines is 1. The van der Waals surface area contributed by atoms with E-state index in [4.69, 9.17) is 4.74 Å². The van der Waals surface area contributed by atoms with E-state index in [1.54, 1.807) is 97.1 Å². The summed E-state index contributed by atoms with van der Waals surface area (Å²) in [7, 11) is 0. The molecule has 0 aromatic heterocycles. The molecule has 0 aliphatic rings. The Labute approximate surface area is 215 Å². The second-order valence-corrected chi connectivity index (χ2v) is 8.45. The van der Waals surface area contributed by atoms with Crippen molar-refractivity contribution in [2.75, 3.05) is 5.32 Å². The van der Waals surface area contributed by atoms with Crippen molar-refractivity contribution in [2.24, 2.45) is 5.10 Å². The molecule has 0 spiro atoms. The number of amides is 2. The van der Waals surface area contributed by atoms with Gasteiger partial charge in [0.25, 0.3) is 11.8 Å². The lowest BCUT2D eigenvalue weighted by atomic mass is 10.1. The molecule has 2 amide bonds. The highest BCUT2D eigenvalue weighted by Crippen LogP contribution is 2.18. The van der Waals surface area contributed by atoms with Crippen molar-refractivity contribution in [1.82, 2.24) is 5.43 Å². The lowest BCUT2D eigenvalue weighted by Gasteiger charge is -2.07. The van der Waals surface area contributed by atoms with Gasteiger partial charge in [-0.1, -0.05) is 46.3 Å². The Balaban J connectivity index is 1.35. The van der Waals surface area contributed by atoms with E-state index < -0.39 is 11.9 Å². The molecule has 0 aliphatic heterocycles. The molecule has 178 valence electrons. The second-order valence-electron chi connectivity index (χ2n) is 7.53. The summed E-state index contributed by atoms with van der Waals surface area (Å²) in [5.41, 5.74) is 4.83. The number of nitrogens with one attached hydrogen (secondary N) is 2. The normalized spacial score (nSPS) is 10.6. The van der Waals surface area contributed by atoms with Crippen LogP contribution in [0, 0.1) is 0 Å². The Kier molecular flexibility index (Phi) is 8.00. The maximum atomic E-state index is 12.5. The standard InChI is InChI=1S/C28H20BrN3O4/c29-23-14-10-19(11-15-23)26(33)31-24-16-12-20(13-17-24)27(34)32-30-18-22-8-4-5-9-25(22)36-28(35)21-6-2-1-3-7-21/h1-18H,(H,31,33)(H,32,34)/b30-18-. The number of halogens is 1. The number of carbonyl (C=O) groups is 3. The van der Waals surface area contributed by atoms with E-state index in [2.05, 4.69) is 31.8 Å². The van der Waals surface area contributed by atoms with Crippen LogP contribution in [-0.4, -0.2) is 24.0 Å². The summed E-state index contributed by atoms with van der Waals surface area (Å²) in [5.74, 6) is -0.866. The highest BCUT2D eigenvalue weighted by Gasteiger charge is 2.11. The predicted octanol–water partition coefficient (Wildman–Crippen LogP) is 5.68. The molecule has 4 rings (SSSR count). The van der Waals surface area contributed by atoms with Crippen molar-refractivity contribution < 1.29 is 19.1 Å². The van der Waals surface area contributed by atoms with Gasteiger partial charge in [0.05, 0.1) is 11.8 Å². The van der Waals surface area contributed by atoms with Gasteiger partial charge in [0, 0.05) is 26.9 Å². The number of para-hydroxylation sites is 1. The molecule has 4 aromatic rings. The Morgan fingerprint density at radius 3 is 2.03 bits per heavy atom. The van der Waals surface area contributed by atoms with E-state index in [0.29, 0.717) is 33.7 Å². The first-order valence-corrected chi connectivity index (χ1v) is 11.7. The van der Waals surface area contributed by atoms with Gasteiger partial charge in [0.2, 0.25) is 0 Å². The molecule has 7 nitrogen and oxygen atoms in total. The van der Waals surface area contributed by atoms with Gasteiger partial charge < -0.3 is 10.1 Å². The average Bonchev–Trinajstić information content (AvgIpc) is 2.91. The van der Waals surface area contributed by atoms with Gasteiger partial charge in [-0.25, -0.2) is 10.2 Å². The van der Waals surface area contributed by atoms with Crippen LogP contribution in [0.25, 0.3) is 0 Å². The minimum absolute atomic E-state index is 0.254. The first-order valence-electron chi connectivity index (χ1n) is 10.9. The largest absolute Gasteiger partial charge is 0.422 e. The molecule has 36 heavy (non-hydrogen) atoms. The molecule has 0 heterocycles. The Morgan fingerprint density at radius 2 is 1.31 bits per heavy atom. The van der Waals surface area contributed by atoms with E-state index in [9.17, 15) is 14.4 Å². The molecule has 0 fully saturated rings. The highest BCUT2D eigenvalue weighted by atomic mass is 79.9. The Morgan fingerprint density at radius 1 is 0.694 bits per heavy atom. The topological polar surface area (TPSA) is 96.9 Å². The summed E-state index contributed by atoms with van der Waals surface area (Å²) >= 11 is 3.34. The zero-order valence-electron chi connectivity index (χ0n) is 18.9. The number of ether oxygens (including phenoxy) is 1. The molecule has 0 unspecified atom stereocenters. The van der Waals surface area contributed by atoms with Crippen molar-refractivity contribution in [2.45, 2.75) is 0 Å². The molecule has 0 atom stereocenters.